The number of H-pyrrole nitrogens is 1. The van der Waals surface area contributed by atoms with Crippen molar-refractivity contribution in [1.29, 1.82) is 0 Å². The summed E-state index contributed by atoms with van der Waals surface area (Å²) in [7, 11) is -2.12. The van der Waals surface area contributed by atoms with Gasteiger partial charge in [0, 0.05) is 12.0 Å². The number of rotatable bonds is 5. The molecule has 2 N–H and O–H groups in total. The van der Waals surface area contributed by atoms with Gasteiger partial charge in [-0.1, -0.05) is 13.0 Å². The fourth-order valence-electron chi connectivity index (χ4n) is 2.11. The number of nitrogens with one attached hydrogen (secondary N) is 2. The second-order valence-corrected chi connectivity index (χ2v) is 6.39. The lowest BCUT2D eigenvalue weighted by Gasteiger charge is -2.14. The molecule has 21 heavy (non-hydrogen) atoms. The Morgan fingerprint density at radius 3 is 2.62 bits per heavy atom. The zero-order valence-corrected chi connectivity index (χ0v) is 13.3. The standard InChI is InChI=1S/C14H19N3O3S/c1-5-12-15-8-13(16-12)21(18,19)17-11-7-6-9(2)14(20-4)10(11)3/h6-8,17H,5H2,1-4H3,(H,15,16). The average molecular weight is 309 g/mol. The number of nitrogens with zero attached hydrogens (tertiary/aromatic N) is 1. The van der Waals surface area contributed by atoms with Crippen LogP contribution in [0, 0.1) is 13.8 Å². The van der Waals surface area contributed by atoms with Gasteiger partial charge < -0.3 is 9.72 Å². The highest BCUT2D eigenvalue weighted by atomic mass is 32.2. The SMILES string of the molecule is CCc1ncc(S(=O)(=O)Nc2ccc(C)c(OC)c2C)[nH]1. The number of benzene rings is 1. The summed E-state index contributed by atoms with van der Waals surface area (Å²) >= 11 is 0. The highest BCUT2D eigenvalue weighted by Gasteiger charge is 2.19. The number of methoxy groups -OCH3 is 1. The average Bonchev–Trinajstić information content (AvgIpc) is 2.92. The Morgan fingerprint density at radius 1 is 1.33 bits per heavy atom. The third-order valence-corrected chi connectivity index (χ3v) is 4.56. The number of hydrogen-bond acceptors (Lipinski definition) is 4. The van der Waals surface area contributed by atoms with Crippen LogP contribution < -0.4 is 9.46 Å². The van der Waals surface area contributed by atoms with Crippen molar-refractivity contribution in [2.75, 3.05) is 11.8 Å². The van der Waals surface area contributed by atoms with Crippen LogP contribution in [0.3, 0.4) is 0 Å². The second-order valence-electron chi connectivity index (χ2n) is 4.74. The minimum atomic E-state index is -3.69. The van der Waals surface area contributed by atoms with Crippen molar-refractivity contribution in [2.45, 2.75) is 32.2 Å². The minimum Gasteiger partial charge on any atom is -0.496 e. The molecular weight excluding hydrogens is 290 g/mol. The van der Waals surface area contributed by atoms with Crippen molar-refractivity contribution < 1.29 is 13.2 Å². The Balaban J connectivity index is 2.37. The zero-order valence-electron chi connectivity index (χ0n) is 12.5. The molecule has 0 unspecified atom stereocenters. The first-order valence-electron chi connectivity index (χ1n) is 6.60. The molecule has 1 heterocycles. The summed E-state index contributed by atoms with van der Waals surface area (Å²) in [5.74, 6) is 1.31. The molecule has 1 aromatic carbocycles. The molecule has 0 amide bonds. The summed E-state index contributed by atoms with van der Waals surface area (Å²) < 4.78 is 32.6. The molecule has 6 nitrogen and oxygen atoms in total. The number of ether oxygens (including phenoxy) is 1. The molecule has 0 saturated heterocycles. The minimum absolute atomic E-state index is 0.0540. The van der Waals surface area contributed by atoms with E-state index in [1.165, 1.54) is 6.20 Å². The van der Waals surface area contributed by atoms with E-state index in [2.05, 4.69) is 14.7 Å². The number of hydrogen-bond donors (Lipinski definition) is 2. The third kappa shape index (κ3) is 3.02. The Hall–Kier alpha value is -2.02. The Kier molecular flexibility index (Phi) is 4.22. The van der Waals surface area contributed by atoms with Crippen LogP contribution in [0.15, 0.2) is 23.4 Å². The van der Waals surface area contributed by atoms with Crippen LogP contribution in [0.4, 0.5) is 5.69 Å². The summed E-state index contributed by atoms with van der Waals surface area (Å²) in [5.41, 5.74) is 2.19. The molecule has 0 atom stereocenters. The van der Waals surface area contributed by atoms with Gasteiger partial charge in [0.1, 0.15) is 11.6 Å². The van der Waals surface area contributed by atoms with E-state index in [1.54, 1.807) is 13.2 Å². The molecule has 0 radical (unpaired) electrons. The Morgan fingerprint density at radius 2 is 2.05 bits per heavy atom. The Bertz CT molecular complexity index is 751. The molecule has 114 valence electrons. The largest absolute Gasteiger partial charge is 0.496 e. The fraction of sp³-hybridized carbons (Fsp3) is 0.357. The van der Waals surface area contributed by atoms with Crippen molar-refractivity contribution in [3.63, 3.8) is 0 Å². The van der Waals surface area contributed by atoms with Crippen molar-refractivity contribution in [3.05, 3.63) is 35.3 Å². The monoisotopic (exact) mass is 309 g/mol. The van der Waals surface area contributed by atoms with Crippen LogP contribution in [-0.4, -0.2) is 25.5 Å². The first-order chi connectivity index (χ1) is 9.89. The predicted molar refractivity (Wildman–Crippen MR) is 81.2 cm³/mol. The lowest BCUT2D eigenvalue weighted by atomic mass is 10.1. The molecule has 0 bridgehead atoms. The molecule has 0 fully saturated rings. The number of anilines is 1. The number of sulfonamides is 1. The van der Waals surface area contributed by atoms with Crippen LogP contribution in [0.2, 0.25) is 0 Å². The highest BCUT2D eigenvalue weighted by molar-refractivity contribution is 7.92. The van der Waals surface area contributed by atoms with Gasteiger partial charge in [0.2, 0.25) is 0 Å². The van der Waals surface area contributed by atoms with E-state index in [0.29, 0.717) is 23.7 Å². The van der Waals surface area contributed by atoms with Gasteiger partial charge in [-0.15, -0.1) is 0 Å². The summed E-state index contributed by atoms with van der Waals surface area (Å²) in [5, 5.41) is 0.0540. The third-order valence-electron chi connectivity index (χ3n) is 3.28. The zero-order chi connectivity index (χ0) is 15.6. The maximum absolute atomic E-state index is 12.3. The van der Waals surface area contributed by atoms with Gasteiger partial charge in [0.05, 0.1) is 19.0 Å². The van der Waals surface area contributed by atoms with Crippen molar-refractivity contribution in [1.82, 2.24) is 9.97 Å². The molecule has 0 aliphatic carbocycles. The van der Waals surface area contributed by atoms with E-state index in [-0.39, 0.29) is 5.03 Å². The normalized spacial score (nSPS) is 11.4. The van der Waals surface area contributed by atoms with Crippen LogP contribution in [0.1, 0.15) is 23.9 Å². The van der Waals surface area contributed by atoms with E-state index in [9.17, 15) is 8.42 Å². The molecule has 0 spiro atoms. The number of aromatic nitrogens is 2. The summed E-state index contributed by atoms with van der Waals surface area (Å²) in [4.78, 5) is 6.80. The van der Waals surface area contributed by atoms with Gasteiger partial charge in [-0.05, 0) is 25.5 Å². The maximum atomic E-state index is 12.3. The van der Waals surface area contributed by atoms with Crippen LogP contribution >= 0.6 is 0 Å². The first-order valence-corrected chi connectivity index (χ1v) is 8.08. The van der Waals surface area contributed by atoms with Crippen molar-refractivity contribution in [3.8, 4) is 5.75 Å². The summed E-state index contributed by atoms with van der Waals surface area (Å²) in [6.45, 7) is 5.62. The maximum Gasteiger partial charge on any atom is 0.278 e. The van der Waals surface area contributed by atoms with E-state index < -0.39 is 10.0 Å². The molecule has 0 aliphatic heterocycles. The van der Waals surface area contributed by atoms with Gasteiger partial charge in [0.15, 0.2) is 5.03 Å². The predicted octanol–water partition coefficient (Wildman–Crippen LogP) is 2.40. The lowest BCUT2D eigenvalue weighted by molar-refractivity contribution is 0.409. The van der Waals surface area contributed by atoms with Gasteiger partial charge in [-0.2, -0.15) is 8.42 Å². The first kappa shape index (κ1) is 15.4. The Labute approximate surface area is 124 Å². The van der Waals surface area contributed by atoms with Crippen LogP contribution in [0.25, 0.3) is 0 Å². The highest BCUT2D eigenvalue weighted by Crippen LogP contribution is 2.30. The van der Waals surface area contributed by atoms with E-state index in [4.69, 9.17) is 4.74 Å². The van der Waals surface area contributed by atoms with Crippen molar-refractivity contribution >= 4 is 15.7 Å². The molecule has 2 aromatic rings. The van der Waals surface area contributed by atoms with E-state index in [0.717, 1.165) is 11.1 Å². The molecule has 1 aromatic heterocycles. The van der Waals surface area contributed by atoms with Crippen LogP contribution in [-0.2, 0) is 16.4 Å². The summed E-state index contributed by atoms with van der Waals surface area (Å²) in [6, 6.07) is 3.54. The fourth-order valence-corrected chi connectivity index (χ4v) is 3.18. The second kappa shape index (κ2) is 5.77. The number of aryl methyl sites for hydroxylation is 2. The van der Waals surface area contributed by atoms with Gasteiger partial charge >= 0.3 is 0 Å². The molecule has 2 rings (SSSR count). The van der Waals surface area contributed by atoms with Crippen molar-refractivity contribution in [2.24, 2.45) is 0 Å². The van der Waals surface area contributed by atoms with E-state index >= 15 is 0 Å². The molecule has 0 saturated carbocycles. The molecular formula is C14H19N3O3S. The summed E-state index contributed by atoms with van der Waals surface area (Å²) in [6.07, 6.45) is 1.97. The number of imidazole rings is 1. The smallest absolute Gasteiger partial charge is 0.278 e. The quantitative estimate of drug-likeness (QED) is 0.888. The van der Waals surface area contributed by atoms with Gasteiger partial charge in [-0.25, -0.2) is 4.98 Å². The molecule has 7 heteroatoms. The van der Waals surface area contributed by atoms with Gasteiger partial charge in [0.25, 0.3) is 10.0 Å². The topological polar surface area (TPSA) is 84.1 Å². The molecule has 0 aliphatic rings. The van der Waals surface area contributed by atoms with E-state index in [1.807, 2.05) is 26.8 Å². The lowest BCUT2D eigenvalue weighted by Crippen LogP contribution is -2.14. The van der Waals surface area contributed by atoms with Gasteiger partial charge in [-0.3, -0.25) is 4.72 Å². The van der Waals surface area contributed by atoms with Crippen LogP contribution in [0.5, 0.6) is 5.75 Å². The number of aromatic amines is 1.